The molecule has 3 N–H and O–H groups in total. The third-order valence-electron chi connectivity index (χ3n) is 3.30. The Kier molecular flexibility index (Phi) is 4.57. The van der Waals surface area contributed by atoms with E-state index in [9.17, 15) is 13.6 Å². The van der Waals surface area contributed by atoms with Crippen LogP contribution in [0.1, 0.15) is 23.7 Å². The fraction of sp³-hybridized carbons (Fsp3) is 0.462. The predicted octanol–water partition coefficient (Wildman–Crippen LogP) is 1.85. The van der Waals surface area contributed by atoms with Gasteiger partial charge in [0.1, 0.15) is 11.6 Å². The molecule has 0 spiro atoms. The SMILES string of the molecule is CCOC1CC(N)C1NC(=O)c1cc(F)c(Cl)cc1F. The van der Waals surface area contributed by atoms with E-state index in [1.54, 1.807) is 0 Å². The summed E-state index contributed by atoms with van der Waals surface area (Å²) in [5, 5.41) is 2.20. The third kappa shape index (κ3) is 2.92. The van der Waals surface area contributed by atoms with Crippen molar-refractivity contribution in [3.05, 3.63) is 34.4 Å². The molecule has 0 heterocycles. The maximum atomic E-state index is 13.6. The fourth-order valence-corrected chi connectivity index (χ4v) is 2.30. The average Bonchev–Trinajstić information content (AvgIpc) is 2.40. The van der Waals surface area contributed by atoms with Gasteiger partial charge >= 0.3 is 0 Å². The van der Waals surface area contributed by atoms with Crippen LogP contribution in [-0.2, 0) is 4.74 Å². The van der Waals surface area contributed by atoms with E-state index in [1.165, 1.54) is 0 Å². The highest BCUT2D eigenvalue weighted by Gasteiger charge is 2.40. The molecule has 1 aliphatic rings. The van der Waals surface area contributed by atoms with Crippen LogP contribution in [0.15, 0.2) is 12.1 Å². The summed E-state index contributed by atoms with van der Waals surface area (Å²) in [5.74, 6) is -2.46. The van der Waals surface area contributed by atoms with Crippen molar-refractivity contribution in [2.45, 2.75) is 31.5 Å². The van der Waals surface area contributed by atoms with Crippen molar-refractivity contribution in [2.75, 3.05) is 6.61 Å². The summed E-state index contributed by atoms with van der Waals surface area (Å²) in [6, 6.07) is 0.885. The Hall–Kier alpha value is -1.24. The highest BCUT2D eigenvalue weighted by atomic mass is 35.5. The number of carbonyl (C=O) groups excluding carboxylic acids is 1. The molecular weight excluding hydrogens is 290 g/mol. The number of hydrogen-bond acceptors (Lipinski definition) is 3. The summed E-state index contributed by atoms with van der Waals surface area (Å²) < 4.78 is 32.3. The number of nitrogens with two attached hydrogens (primary N) is 1. The summed E-state index contributed by atoms with van der Waals surface area (Å²) >= 11 is 5.44. The van der Waals surface area contributed by atoms with Gasteiger partial charge in [0, 0.05) is 12.6 Å². The molecule has 7 heteroatoms. The molecule has 0 radical (unpaired) electrons. The van der Waals surface area contributed by atoms with Crippen molar-refractivity contribution in [1.82, 2.24) is 5.32 Å². The summed E-state index contributed by atoms with van der Waals surface area (Å²) in [7, 11) is 0. The van der Waals surface area contributed by atoms with E-state index in [4.69, 9.17) is 22.1 Å². The maximum absolute atomic E-state index is 13.6. The molecular formula is C13H15ClF2N2O2. The number of nitrogens with one attached hydrogen (secondary N) is 1. The van der Waals surface area contributed by atoms with E-state index < -0.39 is 29.1 Å². The van der Waals surface area contributed by atoms with Gasteiger partial charge in [-0.25, -0.2) is 8.78 Å². The Morgan fingerprint density at radius 2 is 2.20 bits per heavy atom. The molecule has 110 valence electrons. The van der Waals surface area contributed by atoms with E-state index >= 15 is 0 Å². The van der Waals surface area contributed by atoms with Crippen LogP contribution in [0.5, 0.6) is 0 Å². The topological polar surface area (TPSA) is 64.3 Å². The molecule has 1 amide bonds. The van der Waals surface area contributed by atoms with E-state index in [2.05, 4.69) is 5.32 Å². The summed E-state index contributed by atoms with van der Waals surface area (Å²) in [6.07, 6.45) is 0.426. The molecule has 1 aliphatic carbocycles. The van der Waals surface area contributed by atoms with Crippen LogP contribution in [0.25, 0.3) is 0 Å². The minimum Gasteiger partial charge on any atom is -0.376 e. The van der Waals surface area contributed by atoms with Gasteiger partial charge in [-0.1, -0.05) is 11.6 Å². The summed E-state index contributed by atoms with van der Waals surface area (Å²) in [4.78, 5) is 12.0. The predicted molar refractivity (Wildman–Crippen MR) is 70.6 cm³/mol. The molecule has 4 nitrogen and oxygen atoms in total. The Labute approximate surface area is 120 Å². The molecule has 0 bridgehead atoms. The molecule has 20 heavy (non-hydrogen) atoms. The normalized spacial score (nSPS) is 25.1. The monoisotopic (exact) mass is 304 g/mol. The lowest BCUT2D eigenvalue weighted by Crippen LogP contribution is -2.64. The van der Waals surface area contributed by atoms with Crippen molar-refractivity contribution in [1.29, 1.82) is 0 Å². The zero-order chi connectivity index (χ0) is 14.9. The van der Waals surface area contributed by atoms with E-state index in [1.807, 2.05) is 6.92 Å². The quantitative estimate of drug-likeness (QED) is 0.835. The van der Waals surface area contributed by atoms with Gasteiger partial charge in [0.05, 0.1) is 22.7 Å². The highest BCUT2D eigenvalue weighted by molar-refractivity contribution is 6.30. The zero-order valence-electron chi connectivity index (χ0n) is 10.8. The second kappa shape index (κ2) is 6.03. The number of amides is 1. The summed E-state index contributed by atoms with van der Waals surface area (Å²) in [6.45, 7) is 2.32. The van der Waals surface area contributed by atoms with E-state index in [0.717, 1.165) is 12.1 Å². The van der Waals surface area contributed by atoms with E-state index in [0.29, 0.717) is 13.0 Å². The number of carbonyl (C=O) groups is 1. The van der Waals surface area contributed by atoms with Gasteiger partial charge in [-0.3, -0.25) is 4.79 Å². The smallest absolute Gasteiger partial charge is 0.254 e. The molecule has 2 rings (SSSR count). The molecule has 0 aromatic heterocycles. The van der Waals surface area contributed by atoms with Crippen LogP contribution < -0.4 is 11.1 Å². The van der Waals surface area contributed by atoms with Gasteiger partial charge in [0.25, 0.3) is 5.91 Å². The second-order valence-electron chi connectivity index (χ2n) is 4.64. The first-order valence-corrected chi connectivity index (χ1v) is 6.64. The third-order valence-corrected chi connectivity index (χ3v) is 3.59. The largest absolute Gasteiger partial charge is 0.376 e. The number of halogens is 3. The Balaban J connectivity index is 2.10. The van der Waals surface area contributed by atoms with Gasteiger partial charge < -0.3 is 15.8 Å². The van der Waals surface area contributed by atoms with Crippen LogP contribution >= 0.6 is 11.6 Å². The molecule has 0 saturated heterocycles. The molecule has 3 atom stereocenters. The first-order valence-electron chi connectivity index (χ1n) is 6.26. The van der Waals surface area contributed by atoms with Gasteiger partial charge in [0.15, 0.2) is 0 Å². The molecule has 1 fully saturated rings. The first kappa shape index (κ1) is 15.2. The Bertz CT molecular complexity index is 525. The van der Waals surface area contributed by atoms with Gasteiger partial charge in [0.2, 0.25) is 0 Å². The van der Waals surface area contributed by atoms with Crippen LogP contribution in [0, 0.1) is 11.6 Å². The number of hydrogen-bond donors (Lipinski definition) is 2. The lowest BCUT2D eigenvalue weighted by atomic mass is 9.83. The van der Waals surface area contributed by atoms with Gasteiger partial charge in [-0.05, 0) is 25.5 Å². The van der Waals surface area contributed by atoms with Crippen LogP contribution in [0.4, 0.5) is 8.78 Å². The minimum atomic E-state index is -0.880. The Morgan fingerprint density at radius 3 is 2.80 bits per heavy atom. The van der Waals surface area contributed by atoms with Crippen molar-refractivity contribution in [3.8, 4) is 0 Å². The number of rotatable bonds is 4. The van der Waals surface area contributed by atoms with Gasteiger partial charge in [-0.15, -0.1) is 0 Å². The Morgan fingerprint density at radius 1 is 1.50 bits per heavy atom. The summed E-state index contributed by atoms with van der Waals surface area (Å²) in [5.41, 5.74) is 5.38. The second-order valence-corrected chi connectivity index (χ2v) is 5.05. The van der Waals surface area contributed by atoms with Crippen molar-refractivity contribution < 1.29 is 18.3 Å². The highest BCUT2D eigenvalue weighted by Crippen LogP contribution is 2.24. The van der Waals surface area contributed by atoms with Crippen molar-refractivity contribution >= 4 is 17.5 Å². The molecule has 3 unspecified atom stereocenters. The van der Waals surface area contributed by atoms with Crippen LogP contribution in [-0.4, -0.2) is 30.7 Å². The average molecular weight is 305 g/mol. The zero-order valence-corrected chi connectivity index (χ0v) is 11.6. The fourth-order valence-electron chi connectivity index (χ4n) is 2.15. The number of ether oxygens (including phenoxy) is 1. The number of benzene rings is 1. The molecule has 0 aliphatic heterocycles. The maximum Gasteiger partial charge on any atom is 0.254 e. The first-order chi connectivity index (χ1) is 9.43. The van der Waals surface area contributed by atoms with Crippen LogP contribution in [0.3, 0.4) is 0 Å². The molecule has 1 aromatic carbocycles. The van der Waals surface area contributed by atoms with Crippen LogP contribution in [0.2, 0.25) is 5.02 Å². The molecule has 1 saturated carbocycles. The van der Waals surface area contributed by atoms with E-state index in [-0.39, 0.29) is 17.2 Å². The molecule has 1 aromatic rings. The van der Waals surface area contributed by atoms with Crippen molar-refractivity contribution in [3.63, 3.8) is 0 Å². The lowest BCUT2D eigenvalue weighted by molar-refractivity contribution is -0.0300. The van der Waals surface area contributed by atoms with Crippen molar-refractivity contribution in [2.24, 2.45) is 5.73 Å². The minimum absolute atomic E-state index is 0.195. The standard InChI is InChI=1S/C13H15ClF2N2O2/c1-2-20-11-5-10(17)12(11)18-13(19)6-3-9(16)7(14)4-8(6)15/h3-4,10-12H,2,5,17H2,1H3,(H,18,19). The van der Waals surface area contributed by atoms with Gasteiger partial charge in [-0.2, -0.15) is 0 Å². The lowest BCUT2D eigenvalue weighted by Gasteiger charge is -2.42.